The Balaban J connectivity index is 1.59. The molecule has 23 heavy (non-hydrogen) atoms. The van der Waals surface area contributed by atoms with Gasteiger partial charge in [0.05, 0.1) is 25.2 Å². The van der Waals surface area contributed by atoms with Crippen LogP contribution >= 0.6 is 0 Å². The van der Waals surface area contributed by atoms with Gasteiger partial charge >= 0.3 is 5.97 Å². The van der Waals surface area contributed by atoms with E-state index in [-0.39, 0.29) is 5.91 Å². The van der Waals surface area contributed by atoms with Crippen molar-refractivity contribution in [3.8, 4) is 5.75 Å². The van der Waals surface area contributed by atoms with Crippen molar-refractivity contribution in [2.75, 3.05) is 13.7 Å². The summed E-state index contributed by atoms with van der Waals surface area (Å²) in [7, 11) is 1.60. The first-order valence-electron chi connectivity index (χ1n) is 7.58. The van der Waals surface area contributed by atoms with E-state index in [9.17, 15) is 14.7 Å². The highest BCUT2D eigenvalue weighted by atomic mass is 16.5. The van der Waals surface area contributed by atoms with E-state index in [0.29, 0.717) is 13.0 Å². The van der Waals surface area contributed by atoms with Crippen LogP contribution in [0, 0.1) is 11.8 Å². The van der Waals surface area contributed by atoms with Gasteiger partial charge in [-0.2, -0.15) is 0 Å². The molecule has 2 heterocycles. The van der Waals surface area contributed by atoms with Crippen LogP contribution in [0.4, 0.5) is 0 Å². The van der Waals surface area contributed by atoms with Crippen molar-refractivity contribution < 1.29 is 24.2 Å². The predicted octanol–water partition coefficient (Wildman–Crippen LogP) is 1.01. The molecule has 3 rings (SSSR count). The lowest BCUT2D eigenvalue weighted by atomic mass is 9.82. The molecule has 0 spiro atoms. The SMILES string of the molecule is COc1ccccc1CCNC(=O)[C@H]1[C@@H](C(=O)O)[C@H]2C=C[C@@H]1O2. The Hall–Kier alpha value is -2.34. The van der Waals surface area contributed by atoms with E-state index in [0.717, 1.165) is 11.3 Å². The van der Waals surface area contributed by atoms with Gasteiger partial charge in [0.1, 0.15) is 11.7 Å². The summed E-state index contributed by atoms with van der Waals surface area (Å²) in [4.78, 5) is 23.7. The molecule has 1 saturated heterocycles. The van der Waals surface area contributed by atoms with Crippen molar-refractivity contribution in [2.24, 2.45) is 11.8 Å². The van der Waals surface area contributed by atoms with Gasteiger partial charge in [-0.3, -0.25) is 9.59 Å². The zero-order chi connectivity index (χ0) is 16.4. The van der Waals surface area contributed by atoms with E-state index in [1.165, 1.54) is 0 Å². The summed E-state index contributed by atoms with van der Waals surface area (Å²) < 4.78 is 10.8. The molecule has 1 amide bonds. The first kappa shape index (κ1) is 15.6. The number of carboxylic acids is 1. The lowest BCUT2D eigenvalue weighted by Gasteiger charge is -2.21. The molecule has 0 radical (unpaired) electrons. The number of fused-ring (bicyclic) bond motifs is 2. The molecule has 2 bridgehead atoms. The molecule has 1 aromatic rings. The number of para-hydroxylation sites is 1. The van der Waals surface area contributed by atoms with Crippen molar-refractivity contribution in [2.45, 2.75) is 18.6 Å². The molecule has 0 saturated carbocycles. The third-order valence-electron chi connectivity index (χ3n) is 4.37. The molecule has 4 atom stereocenters. The largest absolute Gasteiger partial charge is 0.496 e. The van der Waals surface area contributed by atoms with Crippen molar-refractivity contribution in [1.29, 1.82) is 0 Å². The average molecular weight is 317 g/mol. The summed E-state index contributed by atoms with van der Waals surface area (Å²) in [5.41, 5.74) is 0.995. The van der Waals surface area contributed by atoms with Crippen LogP contribution in [-0.2, 0) is 20.7 Å². The summed E-state index contributed by atoms with van der Waals surface area (Å²) in [6.07, 6.45) is 3.18. The number of rotatable bonds is 6. The molecule has 0 aliphatic carbocycles. The maximum Gasteiger partial charge on any atom is 0.310 e. The van der Waals surface area contributed by atoms with Gasteiger partial charge in [0.25, 0.3) is 0 Å². The number of hydrogen-bond donors (Lipinski definition) is 2. The second kappa shape index (κ2) is 6.42. The van der Waals surface area contributed by atoms with Gasteiger partial charge in [0.2, 0.25) is 5.91 Å². The number of carbonyl (C=O) groups excluding carboxylic acids is 1. The fraction of sp³-hybridized carbons (Fsp3) is 0.412. The number of aliphatic carboxylic acids is 1. The fourth-order valence-electron chi connectivity index (χ4n) is 3.26. The van der Waals surface area contributed by atoms with Crippen molar-refractivity contribution in [1.82, 2.24) is 5.32 Å². The Morgan fingerprint density at radius 3 is 2.61 bits per heavy atom. The average Bonchev–Trinajstić information content (AvgIpc) is 3.16. The topological polar surface area (TPSA) is 84.9 Å². The fourth-order valence-corrected chi connectivity index (χ4v) is 3.26. The summed E-state index contributed by atoms with van der Waals surface area (Å²) in [5.74, 6) is -1.97. The number of ether oxygens (including phenoxy) is 2. The maximum atomic E-state index is 12.4. The minimum Gasteiger partial charge on any atom is -0.496 e. The standard InChI is InChI=1S/C17H19NO5/c1-22-11-5-3-2-4-10(11)8-9-18-16(19)14-12-6-7-13(23-12)15(14)17(20)21/h2-7,12-15H,8-9H2,1H3,(H,18,19)(H,20,21)/t12-,13+,14+,15-/m0/s1. The lowest BCUT2D eigenvalue weighted by Crippen LogP contribution is -2.43. The van der Waals surface area contributed by atoms with Gasteiger partial charge < -0.3 is 19.9 Å². The lowest BCUT2D eigenvalue weighted by molar-refractivity contribution is -0.146. The first-order chi connectivity index (χ1) is 11.1. The Kier molecular flexibility index (Phi) is 4.34. The van der Waals surface area contributed by atoms with Gasteiger partial charge in [-0.1, -0.05) is 30.4 Å². The number of nitrogens with one attached hydrogen (secondary N) is 1. The quantitative estimate of drug-likeness (QED) is 0.765. The van der Waals surface area contributed by atoms with Crippen LogP contribution in [0.25, 0.3) is 0 Å². The molecule has 2 aliphatic rings. The Morgan fingerprint density at radius 2 is 1.91 bits per heavy atom. The maximum absolute atomic E-state index is 12.4. The smallest absolute Gasteiger partial charge is 0.310 e. The Labute approximate surface area is 134 Å². The van der Waals surface area contributed by atoms with E-state index in [2.05, 4.69) is 5.32 Å². The van der Waals surface area contributed by atoms with E-state index < -0.39 is 30.0 Å². The molecule has 2 N–H and O–H groups in total. The minimum absolute atomic E-state index is 0.274. The van der Waals surface area contributed by atoms with E-state index in [1.807, 2.05) is 24.3 Å². The van der Waals surface area contributed by atoms with Gasteiger partial charge in [-0.15, -0.1) is 0 Å². The van der Waals surface area contributed by atoms with E-state index in [1.54, 1.807) is 19.3 Å². The molecule has 0 unspecified atom stereocenters. The second-order valence-electron chi connectivity index (χ2n) is 5.69. The molecule has 1 aromatic carbocycles. The third kappa shape index (κ3) is 2.94. The molecule has 6 heteroatoms. The zero-order valence-electron chi connectivity index (χ0n) is 12.8. The Morgan fingerprint density at radius 1 is 1.22 bits per heavy atom. The number of benzene rings is 1. The van der Waals surface area contributed by atoms with Crippen LogP contribution in [0.2, 0.25) is 0 Å². The van der Waals surface area contributed by atoms with Gasteiger partial charge in [-0.05, 0) is 18.1 Å². The molecule has 2 aliphatic heterocycles. The van der Waals surface area contributed by atoms with Crippen LogP contribution in [0.1, 0.15) is 5.56 Å². The molecule has 0 aromatic heterocycles. The summed E-state index contributed by atoms with van der Waals surface area (Å²) in [6.45, 7) is 0.420. The van der Waals surface area contributed by atoms with Gasteiger partial charge in [-0.25, -0.2) is 0 Å². The number of hydrogen-bond acceptors (Lipinski definition) is 4. The monoisotopic (exact) mass is 317 g/mol. The predicted molar refractivity (Wildman–Crippen MR) is 82.1 cm³/mol. The van der Waals surface area contributed by atoms with Crippen molar-refractivity contribution in [3.63, 3.8) is 0 Å². The normalized spacial score (nSPS) is 27.9. The summed E-state index contributed by atoms with van der Waals surface area (Å²) >= 11 is 0. The highest BCUT2D eigenvalue weighted by molar-refractivity contribution is 5.87. The van der Waals surface area contributed by atoms with Crippen molar-refractivity contribution in [3.05, 3.63) is 42.0 Å². The second-order valence-corrected chi connectivity index (χ2v) is 5.69. The van der Waals surface area contributed by atoms with Crippen molar-refractivity contribution >= 4 is 11.9 Å². The zero-order valence-corrected chi connectivity index (χ0v) is 12.8. The first-order valence-corrected chi connectivity index (χ1v) is 7.58. The summed E-state index contributed by atoms with van der Waals surface area (Å²) in [6, 6.07) is 7.60. The molecular formula is C17H19NO5. The number of carbonyl (C=O) groups is 2. The highest BCUT2D eigenvalue weighted by Crippen LogP contribution is 2.39. The third-order valence-corrected chi connectivity index (χ3v) is 4.37. The number of carboxylic acid groups (broad SMARTS) is 1. The van der Waals surface area contributed by atoms with Crippen LogP contribution in [0.5, 0.6) is 5.75 Å². The molecular weight excluding hydrogens is 298 g/mol. The Bertz CT molecular complexity index is 642. The minimum atomic E-state index is -0.994. The number of methoxy groups -OCH3 is 1. The number of amides is 1. The van der Waals surface area contributed by atoms with Crippen LogP contribution in [-0.4, -0.2) is 42.8 Å². The van der Waals surface area contributed by atoms with E-state index in [4.69, 9.17) is 9.47 Å². The summed E-state index contributed by atoms with van der Waals surface area (Å²) in [5, 5.41) is 12.1. The molecule has 1 fully saturated rings. The highest BCUT2D eigenvalue weighted by Gasteiger charge is 2.53. The van der Waals surface area contributed by atoms with Gasteiger partial charge in [0.15, 0.2) is 0 Å². The van der Waals surface area contributed by atoms with Crippen LogP contribution < -0.4 is 10.1 Å². The van der Waals surface area contributed by atoms with Crippen LogP contribution in [0.15, 0.2) is 36.4 Å². The van der Waals surface area contributed by atoms with Gasteiger partial charge in [0, 0.05) is 6.54 Å². The van der Waals surface area contributed by atoms with E-state index >= 15 is 0 Å². The molecule has 6 nitrogen and oxygen atoms in total. The molecule has 122 valence electrons. The van der Waals surface area contributed by atoms with Crippen LogP contribution in [0.3, 0.4) is 0 Å².